The van der Waals surface area contributed by atoms with Gasteiger partial charge in [0.25, 0.3) is 0 Å². The lowest BCUT2D eigenvalue weighted by Crippen LogP contribution is -2.44. The topological polar surface area (TPSA) is 102 Å². The molecule has 2 unspecified atom stereocenters. The van der Waals surface area contributed by atoms with Crippen LogP contribution in [-0.2, 0) is 10.0 Å². The molecule has 118 valence electrons. The Morgan fingerprint density at radius 3 is 3.00 bits per heavy atom. The van der Waals surface area contributed by atoms with Crippen LogP contribution >= 0.6 is 0 Å². The fourth-order valence-electron chi connectivity index (χ4n) is 2.34. The van der Waals surface area contributed by atoms with Crippen LogP contribution in [0.2, 0.25) is 0 Å². The van der Waals surface area contributed by atoms with E-state index in [2.05, 4.69) is 4.72 Å². The van der Waals surface area contributed by atoms with E-state index in [1.807, 2.05) is 6.07 Å². The number of nitrogens with two attached hydrogens (primary N) is 1. The van der Waals surface area contributed by atoms with E-state index in [1.54, 1.807) is 18.2 Å². The zero-order chi connectivity index (χ0) is 15.3. The van der Waals surface area contributed by atoms with E-state index in [-0.39, 0.29) is 18.4 Å². The molecule has 2 atom stereocenters. The minimum absolute atomic E-state index is 0.185. The lowest BCUT2D eigenvalue weighted by Gasteiger charge is -2.23. The van der Waals surface area contributed by atoms with Crippen molar-refractivity contribution < 1.29 is 18.3 Å². The molecule has 1 saturated heterocycles. The fourth-order valence-corrected chi connectivity index (χ4v) is 3.70. The normalized spacial score (nSPS) is 22.7. The van der Waals surface area contributed by atoms with Gasteiger partial charge in [0.05, 0.1) is 17.9 Å². The van der Waals surface area contributed by atoms with Crippen molar-refractivity contribution in [3.63, 3.8) is 0 Å². The maximum atomic E-state index is 11.5. The highest BCUT2D eigenvalue weighted by Crippen LogP contribution is 2.21. The van der Waals surface area contributed by atoms with E-state index in [1.165, 1.54) is 0 Å². The van der Waals surface area contributed by atoms with Gasteiger partial charge in [-0.25, -0.2) is 13.1 Å². The molecule has 0 aromatic heterocycles. The summed E-state index contributed by atoms with van der Waals surface area (Å²) in [7, 11) is -3.15. The molecule has 0 spiro atoms. The molecule has 0 radical (unpaired) electrons. The molecule has 1 fully saturated rings. The second-order valence-corrected chi connectivity index (χ2v) is 7.13. The summed E-state index contributed by atoms with van der Waals surface area (Å²) in [5, 5.41) is 9.90. The quantitative estimate of drug-likeness (QED) is 0.711. The number of sulfonamides is 1. The minimum atomic E-state index is -3.15. The van der Waals surface area contributed by atoms with E-state index in [0.717, 1.165) is 12.0 Å². The van der Waals surface area contributed by atoms with Crippen LogP contribution in [0.1, 0.15) is 30.9 Å². The van der Waals surface area contributed by atoms with Gasteiger partial charge in [0.1, 0.15) is 12.4 Å². The molecule has 4 N–H and O–H groups in total. The van der Waals surface area contributed by atoms with Gasteiger partial charge in [-0.1, -0.05) is 12.1 Å². The number of rotatable bonds is 6. The maximum Gasteiger partial charge on any atom is 0.211 e. The Morgan fingerprint density at radius 2 is 2.29 bits per heavy atom. The van der Waals surface area contributed by atoms with Crippen LogP contribution in [0, 0.1) is 0 Å². The Labute approximate surface area is 125 Å². The third-order valence-electron chi connectivity index (χ3n) is 3.45. The number of ether oxygens (including phenoxy) is 1. The third kappa shape index (κ3) is 4.96. The number of hydrogen-bond acceptors (Lipinski definition) is 5. The maximum absolute atomic E-state index is 11.5. The van der Waals surface area contributed by atoms with Gasteiger partial charge in [0, 0.05) is 0 Å². The van der Waals surface area contributed by atoms with Crippen molar-refractivity contribution in [2.45, 2.75) is 31.4 Å². The van der Waals surface area contributed by atoms with Crippen LogP contribution in [0.25, 0.3) is 0 Å². The van der Waals surface area contributed by atoms with Crippen molar-refractivity contribution in [1.82, 2.24) is 4.72 Å². The number of aliphatic hydroxyl groups is 1. The molecule has 0 saturated carbocycles. The van der Waals surface area contributed by atoms with Crippen molar-refractivity contribution in [2.75, 3.05) is 18.9 Å². The number of benzene rings is 1. The molecule has 1 aromatic rings. The Hall–Kier alpha value is -1.15. The lowest BCUT2D eigenvalue weighted by molar-refractivity contribution is 0.169. The smallest absolute Gasteiger partial charge is 0.211 e. The van der Waals surface area contributed by atoms with E-state index < -0.39 is 16.1 Å². The fraction of sp³-hybridized carbons (Fsp3) is 0.571. The first-order chi connectivity index (χ1) is 10.00. The van der Waals surface area contributed by atoms with Crippen LogP contribution < -0.4 is 15.2 Å². The number of nitrogens with one attached hydrogen (secondary N) is 1. The molecule has 1 heterocycles. The Kier molecular flexibility index (Phi) is 5.58. The second kappa shape index (κ2) is 7.22. The summed E-state index contributed by atoms with van der Waals surface area (Å²) in [5.41, 5.74) is 6.18. The van der Waals surface area contributed by atoms with Crippen molar-refractivity contribution >= 4 is 10.0 Å². The summed E-state index contributed by atoms with van der Waals surface area (Å²) in [6, 6.07) is 6.97. The summed E-state index contributed by atoms with van der Waals surface area (Å²) in [6.45, 7) is 0.700. The van der Waals surface area contributed by atoms with Gasteiger partial charge in [-0.05, 0) is 43.5 Å². The zero-order valence-corrected chi connectivity index (χ0v) is 12.7. The first-order valence-corrected chi connectivity index (χ1v) is 8.76. The van der Waals surface area contributed by atoms with Crippen LogP contribution in [0.5, 0.6) is 5.75 Å². The van der Waals surface area contributed by atoms with Gasteiger partial charge in [-0.3, -0.25) is 0 Å². The van der Waals surface area contributed by atoms with E-state index in [9.17, 15) is 13.5 Å². The average molecular weight is 314 g/mol. The molecule has 7 heteroatoms. The Balaban J connectivity index is 1.92. The molecular formula is C14H22N2O4S. The van der Waals surface area contributed by atoms with E-state index in [0.29, 0.717) is 25.1 Å². The van der Waals surface area contributed by atoms with Crippen LogP contribution in [0.4, 0.5) is 0 Å². The predicted octanol–water partition coefficient (Wildman–Crippen LogP) is 0.529. The summed E-state index contributed by atoms with van der Waals surface area (Å²) in [6.07, 6.45) is 1.31. The number of hydrogen-bond donors (Lipinski definition) is 3. The predicted molar refractivity (Wildman–Crippen MR) is 80.5 cm³/mol. The highest BCUT2D eigenvalue weighted by molar-refractivity contribution is 7.89. The first-order valence-electron chi connectivity index (χ1n) is 7.11. The molecule has 21 heavy (non-hydrogen) atoms. The van der Waals surface area contributed by atoms with E-state index >= 15 is 0 Å². The summed E-state index contributed by atoms with van der Waals surface area (Å²) in [5.74, 6) is 0.804. The number of aliphatic hydroxyl groups excluding tert-OH is 1. The standard InChI is InChI=1S/C14H22N2O4S/c15-7-6-14(17)11-3-1-5-13(9-11)20-10-12-4-2-8-21(18,19)16-12/h1,3,5,9,12,14,16-17H,2,4,6-8,10,15H2. The average Bonchev–Trinajstić information content (AvgIpc) is 2.45. The largest absolute Gasteiger partial charge is 0.492 e. The third-order valence-corrected chi connectivity index (χ3v) is 4.96. The van der Waals surface area contributed by atoms with Crippen LogP contribution in [0.3, 0.4) is 0 Å². The lowest BCUT2D eigenvalue weighted by atomic mass is 10.1. The van der Waals surface area contributed by atoms with Crippen molar-refractivity contribution in [3.8, 4) is 5.75 Å². The van der Waals surface area contributed by atoms with Gasteiger partial charge < -0.3 is 15.6 Å². The second-order valence-electron chi connectivity index (χ2n) is 5.25. The highest BCUT2D eigenvalue weighted by Gasteiger charge is 2.23. The molecular weight excluding hydrogens is 292 g/mol. The molecule has 2 rings (SSSR count). The Morgan fingerprint density at radius 1 is 1.48 bits per heavy atom. The summed E-state index contributed by atoms with van der Waals surface area (Å²) in [4.78, 5) is 0. The van der Waals surface area contributed by atoms with Crippen molar-refractivity contribution in [1.29, 1.82) is 0 Å². The van der Waals surface area contributed by atoms with Crippen LogP contribution in [-0.4, -0.2) is 38.5 Å². The zero-order valence-electron chi connectivity index (χ0n) is 11.9. The van der Waals surface area contributed by atoms with Crippen LogP contribution in [0.15, 0.2) is 24.3 Å². The summed E-state index contributed by atoms with van der Waals surface area (Å²) >= 11 is 0. The highest BCUT2D eigenvalue weighted by atomic mass is 32.2. The van der Waals surface area contributed by atoms with E-state index in [4.69, 9.17) is 10.5 Å². The summed E-state index contributed by atoms with van der Waals surface area (Å²) < 4.78 is 31.2. The molecule has 0 aliphatic carbocycles. The molecule has 1 aliphatic heterocycles. The molecule has 6 nitrogen and oxygen atoms in total. The monoisotopic (exact) mass is 314 g/mol. The van der Waals surface area contributed by atoms with Gasteiger partial charge in [-0.15, -0.1) is 0 Å². The molecule has 1 aromatic carbocycles. The van der Waals surface area contributed by atoms with Crippen molar-refractivity contribution in [3.05, 3.63) is 29.8 Å². The minimum Gasteiger partial charge on any atom is -0.492 e. The van der Waals surface area contributed by atoms with Gasteiger partial charge >= 0.3 is 0 Å². The molecule has 1 aliphatic rings. The van der Waals surface area contributed by atoms with Gasteiger partial charge in [0.15, 0.2) is 0 Å². The molecule has 0 amide bonds. The molecule has 0 bridgehead atoms. The van der Waals surface area contributed by atoms with Crippen molar-refractivity contribution in [2.24, 2.45) is 5.73 Å². The van der Waals surface area contributed by atoms with Gasteiger partial charge in [0.2, 0.25) is 10.0 Å². The SMILES string of the molecule is NCCC(O)c1cccc(OCC2CCCS(=O)(=O)N2)c1. The Bertz CT molecular complexity index is 562. The first kappa shape index (κ1) is 16.2. The van der Waals surface area contributed by atoms with Gasteiger partial charge in [-0.2, -0.15) is 0 Å².